The number of carbonyl (C=O) groups excluding carboxylic acids is 1. The molecule has 1 heterocycles. The second kappa shape index (κ2) is 4.70. The van der Waals surface area contributed by atoms with Crippen molar-refractivity contribution in [1.29, 1.82) is 0 Å². The van der Waals surface area contributed by atoms with E-state index in [9.17, 15) is 14.7 Å². The van der Waals surface area contributed by atoms with E-state index in [1.165, 1.54) is 19.3 Å². The molecule has 0 radical (unpaired) electrons. The highest BCUT2D eigenvalue weighted by Gasteiger charge is 2.56. The number of nitrogens with zero attached hydrogens (tertiary/aromatic N) is 1. The van der Waals surface area contributed by atoms with Gasteiger partial charge in [0, 0.05) is 6.54 Å². The molecule has 1 N–H and O–H groups in total. The average molecular weight is 307 g/mol. The zero-order valence-electron chi connectivity index (χ0n) is 13.2. The smallest absolute Gasteiger partial charge is 0.337 e. The summed E-state index contributed by atoms with van der Waals surface area (Å²) in [5.41, 5.74) is -1.44. The van der Waals surface area contributed by atoms with Crippen molar-refractivity contribution in [2.45, 2.75) is 51.0 Å². The molecule has 5 aliphatic rings. The number of amides is 1. The van der Waals surface area contributed by atoms with Crippen molar-refractivity contribution < 1.29 is 19.4 Å². The van der Waals surface area contributed by atoms with Crippen LogP contribution in [-0.2, 0) is 14.3 Å². The maximum absolute atomic E-state index is 13.2. The summed E-state index contributed by atoms with van der Waals surface area (Å²) in [4.78, 5) is 26.5. The van der Waals surface area contributed by atoms with Gasteiger partial charge in [0.25, 0.3) is 0 Å². The summed E-state index contributed by atoms with van der Waals surface area (Å²) < 4.78 is 5.43. The molecule has 0 aromatic carbocycles. The molecule has 122 valence electrons. The van der Waals surface area contributed by atoms with Crippen LogP contribution in [-0.4, -0.2) is 47.2 Å². The quantitative estimate of drug-likeness (QED) is 0.846. The molecule has 0 spiro atoms. The molecule has 4 aliphatic carbocycles. The first-order chi connectivity index (χ1) is 10.4. The summed E-state index contributed by atoms with van der Waals surface area (Å²) >= 11 is 0. The van der Waals surface area contributed by atoms with Gasteiger partial charge in [-0.15, -0.1) is 0 Å². The molecule has 4 bridgehead atoms. The van der Waals surface area contributed by atoms with Crippen LogP contribution >= 0.6 is 0 Å². The molecule has 1 atom stereocenters. The lowest BCUT2D eigenvalue weighted by molar-refractivity contribution is -0.184. The van der Waals surface area contributed by atoms with Gasteiger partial charge in [-0.05, 0) is 63.2 Å². The van der Waals surface area contributed by atoms with E-state index < -0.39 is 11.6 Å². The average Bonchev–Trinajstić information content (AvgIpc) is 2.45. The third-order valence-electron chi connectivity index (χ3n) is 6.51. The number of hydrogen-bond donors (Lipinski definition) is 1. The minimum absolute atomic E-state index is 0.183. The Bertz CT molecular complexity index is 482. The van der Waals surface area contributed by atoms with Crippen LogP contribution in [0.3, 0.4) is 0 Å². The minimum atomic E-state index is -1.25. The molecule has 0 aromatic heterocycles. The van der Waals surface area contributed by atoms with Crippen LogP contribution in [0.2, 0.25) is 0 Å². The molecule has 5 rings (SSSR count). The minimum Gasteiger partial charge on any atom is -0.479 e. The molecular weight excluding hydrogens is 282 g/mol. The van der Waals surface area contributed by atoms with Crippen molar-refractivity contribution in [2.75, 3.05) is 19.7 Å². The third-order valence-corrected chi connectivity index (χ3v) is 6.51. The van der Waals surface area contributed by atoms with Crippen LogP contribution in [0.15, 0.2) is 0 Å². The normalized spacial score (nSPS) is 46.8. The first-order valence-electron chi connectivity index (χ1n) is 8.57. The van der Waals surface area contributed by atoms with Crippen molar-refractivity contribution in [2.24, 2.45) is 23.2 Å². The molecule has 1 aliphatic heterocycles. The summed E-state index contributed by atoms with van der Waals surface area (Å²) in [6.45, 7) is 2.61. The van der Waals surface area contributed by atoms with Crippen LogP contribution in [0, 0.1) is 23.2 Å². The van der Waals surface area contributed by atoms with Gasteiger partial charge in [0.05, 0.1) is 18.6 Å². The van der Waals surface area contributed by atoms with Crippen molar-refractivity contribution in [3.8, 4) is 0 Å². The Hall–Kier alpha value is -1.10. The fraction of sp³-hybridized carbons (Fsp3) is 0.882. The standard InChI is InChI=1S/C17H25NO4/c1-16(15(20)21)10-18(2-3-22-16)14(19)17-7-11-4-12(8-17)6-13(5-11)9-17/h11-13H,2-10H2,1H3,(H,20,21). The van der Waals surface area contributed by atoms with E-state index in [1.807, 2.05) is 0 Å². The summed E-state index contributed by atoms with van der Waals surface area (Å²) in [6.07, 6.45) is 7.00. The summed E-state index contributed by atoms with van der Waals surface area (Å²) in [5.74, 6) is 1.41. The Balaban J connectivity index is 1.55. The first-order valence-corrected chi connectivity index (χ1v) is 8.57. The number of rotatable bonds is 2. The third kappa shape index (κ3) is 2.08. The number of ether oxygens (including phenoxy) is 1. The Morgan fingerprint density at radius 2 is 1.64 bits per heavy atom. The second-order valence-electron chi connectivity index (χ2n) is 8.31. The topological polar surface area (TPSA) is 66.8 Å². The fourth-order valence-electron chi connectivity index (χ4n) is 5.88. The molecule has 1 unspecified atom stereocenters. The fourth-order valence-corrected chi connectivity index (χ4v) is 5.88. The lowest BCUT2D eigenvalue weighted by Gasteiger charge is -2.57. The van der Waals surface area contributed by atoms with Gasteiger partial charge in [0.1, 0.15) is 0 Å². The Morgan fingerprint density at radius 1 is 1.09 bits per heavy atom. The van der Waals surface area contributed by atoms with Crippen molar-refractivity contribution >= 4 is 11.9 Å². The van der Waals surface area contributed by atoms with Crippen LogP contribution in [0.4, 0.5) is 0 Å². The van der Waals surface area contributed by atoms with Crippen LogP contribution in [0.25, 0.3) is 0 Å². The van der Waals surface area contributed by atoms with Gasteiger partial charge in [0.2, 0.25) is 5.91 Å². The van der Waals surface area contributed by atoms with Gasteiger partial charge in [-0.2, -0.15) is 0 Å². The Labute approximate surface area is 131 Å². The lowest BCUT2D eigenvalue weighted by atomic mass is 9.49. The van der Waals surface area contributed by atoms with Crippen molar-refractivity contribution in [3.63, 3.8) is 0 Å². The van der Waals surface area contributed by atoms with Gasteiger partial charge < -0.3 is 14.7 Å². The number of carbonyl (C=O) groups is 2. The van der Waals surface area contributed by atoms with Gasteiger partial charge >= 0.3 is 5.97 Å². The largest absolute Gasteiger partial charge is 0.479 e. The van der Waals surface area contributed by atoms with Gasteiger partial charge in [0.15, 0.2) is 5.60 Å². The summed E-state index contributed by atoms with van der Waals surface area (Å²) in [7, 11) is 0. The maximum Gasteiger partial charge on any atom is 0.337 e. The second-order valence-corrected chi connectivity index (χ2v) is 8.31. The highest BCUT2D eigenvalue weighted by molar-refractivity contribution is 5.85. The molecular formula is C17H25NO4. The molecule has 4 saturated carbocycles. The summed E-state index contributed by atoms with van der Waals surface area (Å²) in [6, 6.07) is 0. The highest BCUT2D eigenvalue weighted by atomic mass is 16.5. The molecule has 0 aromatic rings. The molecule has 1 amide bonds. The monoisotopic (exact) mass is 307 g/mol. The number of aliphatic carboxylic acids is 1. The first kappa shape index (κ1) is 14.5. The molecule has 22 heavy (non-hydrogen) atoms. The van der Waals surface area contributed by atoms with Gasteiger partial charge in [-0.25, -0.2) is 4.79 Å². The number of carboxylic acid groups (broad SMARTS) is 1. The van der Waals surface area contributed by atoms with Crippen LogP contribution in [0.5, 0.6) is 0 Å². The predicted molar refractivity (Wildman–Crippen MR) is 79.2 cm³/mol. The van der Waals surface area contributed by atoms with E-state index in [2.05, 4.69) is 0 Å². The Morgan fingerprint density at radius 3 is 2.14 bits per heavy atom. The number of morpholine rings is 1. The molecule has 1 saturated heterocycles. The molecule has 5 nitrogen and oxygen atoms in total. The Kier molecular flexibility index (Phi) is 3.09. The van der Waals surface area contributed by atoms with E-state index >= 15 is 0 Å². The van der Waals surface area contributed by atoms with Crippen molar-refractivity contribution in [3.05, 3.63) is 0 Å². The van der Waals surface area contributed by atoms with E-state index in [-0.39, 0.29) is 17.9 Å². The number of hydrogen-bond acceptors (Lipinski definition) is 3. The SMILES string of the molecule is CC1(C(=O)O)CN(C(=O)C23CC4CC(CC(C4)C2)C3)CCO1. The maximum atomic E-state index is 13.2. The molecule has 5 heteroatoms. The van der Waals surface area contributed by atoms with Gasteiger partial charge in [-0.1, -0.05) is 0 Å². The number of carboxylic acids is 1. The zero-order valence-corrected chi connectivity index (χ0v) is 13.2. The van der Waals surface area contributed by atoms with Gasteiger partial charge in [-0.3, -0.25) is 4.79 Å². The zero-order chi connectivity index (χ0) is 15.5. The predicted octanol–water partition coefficient (Wildman–Crippen LogP) is 1.90. The van der Waals surface area contributed by atoms with Crippen LogP contribution < -0.4 is 0 Å². The summed E-state index contributed by atoms with van der Waals surface area (Å²) in [5, 5.41) is 9.37. The highest BCUT2D eigenvalue weighted by Crippen LogP contribution is 2.60. The van der Waals surface area contributed by atoms with Crippen LogP contribution in [0.1, 0.15) is 45.4 Å². The van der Waals surface area contributed by atoms with E-state index in [0.29, 0.717) is 13.2 Å². The van der Waals surface area contributed by atoms with Crippen molar-refractivity contribution in [1.82, 2.24) is 4.90 Å². The lowest BCUT2D eigenvalue weighted by Crippen LogP contribution is -2.61. The van der Waals surface area contributed by atoms with E-state index in [4.69, 9.17) is 4.74 Å². The van der Waals surface area contributed by atoms with E-state index in [0.717, 1.165) is 37.0 Å². The van der Waals surface area contributed by atoms with E-state index in [1.54, 1.807) is 11.8 Å². The molecule has 5 fully saturated rings.